The van der Waals surface area contributed by atoms with Gasteiger partial charge >= 0.3 is 0 Å². The van der Waals surface area contributed by atoms with Gasteiger partial charge in [-0.25, -0.2) is 0 Å². The number of rotatable bonds is 7. The maximum atomic E-state index is 9.06. The van der Waals surface area contributed by atoms with Crippen LogP contribution in [0.2, 0.25) is 0 Å². The van der Waals surface area contributed by atoms with Crippen molar-refractivity contribution >= 4 is 6.29 Å². The van der Waals surface area contributed by atoms with Crippen LogP contribution in [0.1, 0.15) is 77.6 Å². The summed E-state index contributed by atoms with van der Waals surface area (Å²) in [4.78, 5) is 11.5. The highest BCUT2D eigenvalue weighted by Gasteiger charge is 2.26. The monoisotopic (exact) mass is 333 g/mol. The van der Waals surface area contributed by atoms with Gasteiger partial charge in [0.05, 0.1) is 0 Å². The van der Waals surface area contributed by atoms with Crippen molar-refractivity contribution < 1.29 is 4.79 Å². The standard InChI is InChI=1S/C19H35N.C3H4O/c1-4-5-6-7-16-8-10-17(11-9-16)18-12-14-19(15-13-18)20(2)3;1-2-3-4/h10,16,18-19H,4-9,11-15H2,1-3H3;2-3H,1H2. The lowest BCUT2D eigenvalue weighted by Gasteiger charge is -2.35. The smallest absolute Gasteiger partial charge is 0.142 e. The summed E-state index contributed by atoms with van der Waals surface area (Å²) >= 11 is 0. The zero-order valence-electron chi connectivity index (χ0n) is 16.3. The van der Waals surface area contributed by atoms with Crippen molar-refractivity contribution in [1.82, 2.24) is 4.90 Å². The second-order valence-electron chi connectivity index (χ2n) is 7.76. The SMILES string of the molecule is C=CC=O.CCCCCC1CC=C(C2CCC(N(C)C)CC2)CC1. The number of nitrogens with zero attached hydrogens (tertiary/aromatic N) is 1. The van der Waals surface area contributed by atoms with Crippen LogP contribution >= 0.6 is 0 Å². The Kier molecular flexibility index (Phi) is 11.0. The molecule has 24 heavy (non-hydrogen) atoms. The minimum atomic E-state index is 0.639. The first kappa shape index (κ1) is 21.2. The van der Waals surface area contributed by atoms with Crippen LogP contribution in [0.25, 0.3) is 0 Å². The van der Waals surface area contributed by atoms with Crippen LogP contribution < -0.4 is 0 Å². The third kappa shape index (κ3) is 7.79. The molecule has 1 saturated carbocycles. The molecule has 0 amide bonds. The molecule has 0 aromatic heterocycles. The van der Waals surface area contributed by atoms with Gasteiger partial charge in [-0.1, -0.05) is 50.8 Å². The van der Waals surface area contributed by atoms with E-state index in [1.54, 1.807) is 0 Å². The van der Waals surface area contributed by atoms with Crippen LogP contribution in [-0.4, -0.2) is 31.3 Å². The zero-order chi connectivity index (χ0) is 17.8. The minimum Gasteiger partial charge on any atom is -0.306 e. The maximum absolute atomic E-state index is 9.06. The molecule has 0 aliphatic heterocycles. The largest absolute Gasteiger partial charge is 0.306 e. The molecule has 2 aliphatic rings. The maximum Gasteiger partial charge on any atom is 0.142 e. The van der Waals surface area contributed by atoms with E-state index < -0.39 is 0 Å². The van der Waals surface area contributed by atoms with Gasteiger partial charge in [-0.3, -0.25) is 4.79 Å². The first-order valence-electron chi connectivity index (χ1n) is 10.0. The molecular weight excluding hydrogens is 294 g/mol. The molecule has 2 nitrogen and oxygen atoms in total. The summed E-state index contributed by atoms with van der Waals surface area (Å²) < 4.78 is 0. The van der Waals surface area contributed by atoms with E-state index in [9.17, 15) is 0 Å². The van der Waals surface area contributed by atoms with E-state index in [1.165, 1.54) is 76.7 Å². The Bertz CT molecular complexity index is 371. The Labute approximate surface area is 150 Å². The third-order valence-electron chi connectivity index (χ3n) is 5.82. The van der Waals surface area contributed by atoms with Crippen molar-refractivity contribution in [2.24, 2.45) is 11.8 Å². The normalized spacial score (nSPS) is 27.0. The third-order valence-corrected chi connectivity index (χ3v) is 5.82. The molecule has 0 radical (unpaired) electrons. The Morgan fingerprint density at radius 3 is 2.29 bits per heavy atom. The van der Waals surface area contributed by atoms with Gasteiger partial charge in [0.1, 0.15) is 6.29 Å². The molecule has 2 aliphatic carbocycles. The van der Waals surface area contributed by atoms with Crippen LogP contribution in [0.15, 0.2) is 24.3 Å². The molecule has 0 N–H and O–H groups in total. The zero-order valence-corrected chi connectivity index (χ0v) is 16.3. The van der Waals surface area contributed by atoms with E-state index >= 15 is 0 Å². The van der Waals surface area contributed by atoms with Gasteiger partial charge in [-0.2, -0.15) is 0 Å². The van der Waals surface area contributed by atoms with Crippen molar-refractivity contribution in [3.05, 3.63) is 24.3 Å². The molecule has 2 rings (SSSR count). The fraction of sp³-hybridized carbons (Fsp3) is 0.773. The summed E-state index contributed by atoms with van der Waals surface area (Å²) in [6.45, 7) is 5.42. The van der Waals surface area contributed by atoms with E-state index in [2.05, 4.69) is 38.6 Å². The topological polar surface area (TPSA) is 20.3 Å². The molecule has 138 valence electrons. The number of hydrogen-bond acceptors (Lipinski definition) is 2. The van der Waals surface area contributed by atoms with Gasteiger partial charge < -0.3 is 4.90 Å². The van der Waals surface area contributed by atoms with Crippen molar-refractivity contribution in [3.63, 3.8) is 0 Å². The van der Waals surface area contributed by atoms with Crippen molar-refractivity contribution in [2.75, 3.05) is 14.1 Å². The number of carbonyl (C=O) groups excluding carboxylic acids is 1. The van der Waals surface area contributed by atoms with Crippen LogP contribution in [0.3, 0.4) is 0 Å². The highest BCUT2D eigenvalue weighted by molar-refractivity contribution is 5.63. The average Bonchev–Trinajstić information content (AvgIpc) is 2.63. The van der Waals surface area contributed by atoms with E-state index in [-0.39, 0.29) is 0 Å². The average molecular weight is 334 g/mol. The van der Waals surface area contributed by atoms with Gasteiger partial charge in [-0.05, 0) is 77.0 Å². The van der Waals surface area contributed by atoms with E-state index in [4.69, 9.17) is 4.79 Å². The molecule has 2 heteroatoms. The summed E-state index contributed by atoms with van der Waals surface area (Å²) in [6.07, 6.45) is 20.2. The number of hydrogen-bond donors (Lipinski definition) is 0. The van der Waals surface area contributed by atoms with Gasteiger partial charge in [-0.15, -0.1) is 0 Å². The summed E-state index contributed by atoms with van der Waals surface area (Å²) in [5.41, 5.74) is 1.83. The lowest BCUT2D eigenvalue weighted by molar-refractivity contribution is -0.104. The fourth-order valence-electron chi connectivity index (χ4n) is 4.19. The van der Waals surface area contributed by atoms with E-state index in [1.807, 2.05) is 5.57 Å². The van der Waals surface area contributed by atoms with E-state index in [0.717, 1.165) is 17.9 Å². The number of allylic oxidation sites excluding steroid dienone is 3. The highest BCUT2D eigenvalue weighted by Crippen LogP contribution is 2.38. The van der Waals surface area contributed by atoms with Gasteiger partial charge in [0.25, 0.3) is 0 Å². The van der Waals surface area contributed by atoms with Gasteiger partial charge in [0.15, 0.2) is 0 Å². The molecule has 0 heterocycles. The second kappa shape index (κ2) is 12.5. The Balaban J connectivity index is 0.000000648. The summed E-state index contributed by atoms with van der Waals surface area (Å²) in [6, 6.07) is 0.845. The number of unbranched alkanes of at least 4 members (excludes halogenated alkanes) is 2. The molecule has 0 saturated heterocycles. The van der Waals surface area contributed by atoms with Crippen LogP contribution in [-0.2, 0) is 4.79 Å². The molecule has 1 unspecified atom stereocenters. The molecule has 0 bridgehead atoms. The molecule has 1 fully saturated rings. The molecule has 0 aromatic carbocycles. The summed E-state index contributed by atoms with van der Waals surface area (Å²) in [5.74, 6) is 1.94. The lowest BCUT2D eigenvalue weighted by atomic mass is 9.75. The molecule has 0 spiro atoms. The van der Waals surface area contributed by atoms with Crippen molar-refractivity contribution in [3.8, 4) is 0 Å². The Hall–Kier alpha value is -0.890. The Morgan fingerprint density at radius 1 is 1.17 bits per heavy atom. The van der Waals surface area contributed by atoms with Crippen LogP contribution in [0.4, 0.5) is 0 Å². The molecule has 1 atom stereocenters. The first-order valence-corrected chi connectivity index (χ1v) is 10.0. The van der Waals surface area contributed by atoms with Crippen LogP contribution in [0, 0.1) is 11.8 Å². The predicted molar refractivity (Wildman–Crippen MR) is 105 cm³/mol. The molecule has 0 aromatic rings. The second-order valence-corrected chi connectivity index (χ2v) is 7.76. The summed E-state index contributed by atoms with van der Waals surface area (Å²) in [5, 5.41) is 0. The minimum absolute atomic E-state index is 0.639. The first-order chi connectivity index (χ1) is 11.6. The fourth-order valence-corrected chi connectivity index (χ4v) is 4.19. The van der Waals surface area contributed by atoms with Gasteiger partial charge in [0.2, 0.25) is 0 Å². The Morgan fingerprint density at radius 2 is 1.83 bits per heavy atom. The quantitative estimate of drug-likeness (QED) is 0.254. The molecular formula is C22H39NO. The predicted octanol–water partition coefficient (Wildman–Crippen LogP) is 5.78. The van der Waals surface area contributed by atoms with E-state index in [0.29, 0.717) is 6.29 Å². The van der Waals surface area contributed by atoms with Crippen molar-refractivity contribution in [1.29, 1.82) is 0 Å². The summed E-state index contributed by atoms with van der Waals surface area (Å²) in [7, 11) is 4.48. The number of aldehydes is 1. The number of carbonyl (C=O) groups is 1. The van der Waals surface area contributed by atoms with Gasteiger partial charge in [0, 0.05) is 6.04 Å². The highest BCUT2D eigenvalue weighted by atomic mass is 16.1. The van der Waals surface area contributed by atoms with Crippen LogP contribution in [0.5, 0.6) is 0 Å². The lowest BCUT2D eigenvalue weighted by Crippen LogP contribution is -2.32. The van der Waals surface area contributed by atoms with Crippen molar-refractivity contribution in [2.45, 2.75) is 83.6 Å².